The zero-order valence-corrected chi connectivity index (χ0v) is 23.5. The normalized spacial score (nSPS) is 18.9. The number of halogens is 1. The summed E-state index contributed by atoms with van der Waals surface area (Å²) in [5.74, 6) is 1.39. The zero-order chi connectivity index (χ0) is 28.3. The summed E-state index contributed by atoms with van der Waals surface area (Å²) in [7, 11) is 3.21. The maximum Gasteiger partial charge on any atom is 0.330 e. The molecule has 4 aromatic rings. The molecule has 208 valence electrons. The molecule has 5 rings (SSSR count). The molecule has 1 N–H and O–H groups in total. The molecule has 3 atom stereocenters. The average Bonchev–Trinajstić information content (AvgIpc) is 3.36. The smallest absolute Gasteiger partial charge is 0.330 e. The van der Waals surface area contributed by atoms with Crippen molar-refractivity contribution < 1.29 is 24.1 Å². The number of hydrogen-bond donors (Lipinski definition) is 1. The van der Waals surface area contributed by atoms with E-state index in [1.54, 1.807) is 14.2 Å². The van der Waals surface area contributed by atoms with Crippen LogP contribution in [-0.2, 0) is 15.1 Å². The summed E-state index contributed by atoms with van der Waals surface area (Å²) in [6.45, 7) is -0.0586. The van der Waals surface area contributed by atoms with E-state index in [0.29, 0.717) is 11.5 Å². The summed E-state index contributed by atoms with van der Waals surface area (Å²) in [5, 5.41) is 13.2. The van der Waals surface area contributed by atoms with E-state index in [1.165, 1.54) is 10.8 Å². The number of nitrogens with one attached hydrogen (secondary N) is 1. The fraction of sp³-hybridized carbons (Fsp3) is 0.267. The number of benzene rings is 3. The summed E-state index contributed by atoms with van der Waals surface area (Å²) >= 11 is 3.13. The molecule has 3 aromatic carbocycles. The van der Waals surface area contributed by atoms with Gasteiger partial charge in [0.05, 0.1) is 31.4 Å². The third-order valence-corrected chi connectivity index (χ3v) is 7.62. The minimum atomic E-state index is -1.16. The number of nitrogens with zero attached hydrogens (tertiary/aromatic N) is 1. The van der Waals surface area contributed by atoms with E-state index >= 15 is 0 Å². The Morgan fingerprint density at radius 3 is 2.02 bits per heavy atom. The van der Waals surface area contributed by atoms with Crippen molar-refractivity contribution in [3.63, 3.8) is 0 Å². The molecule has 0 spiro atoms. The molecular formula is C30H28BrN2O7-. The van der Waals surface area contributed by atoms with Crippen LogP contribution in [0, 0.1) is 0 Å². The fourth-order valence-corrected chi connectivity index (χ4v) is 5.30. The minimum absolute atomic E-state index is 0.0375. The van der Waals surface area contributed by atoms with Crippen LogP contribution in [0.4, 0.5) is 0 Å². The second-order valence-electron chi connectivity index (χ2n) is 9.36. The van der Waals surface area contributed by atoms with Crippen molar-refractivity contribution in [2.45, 2.75) is 30.5 Å². The predicted molar refractivity (Wildman–Crippen MR) is 150 cm³/mol. The van der Waals surface area contributed by atoms with Gasteiger partial charge < -0.3 is 24.1 Å². The third-order valence-electron chi connectivity index (χ3n) is 7.05. The number of H-pyrrole nitrogens is 1. The van der Waals surface area contributed by atoms with Gasteiger partial charge in [-0.15, -0.1) is 0 Å². The molecule has 0 amide bonds. The maximum atomic E-state index is 13.2. The van der Waals surface area contributed by atoms with Gasteiger partial charge in [-0.2, -0.15) is 0 Å². The van der Waals surface area contributed by atoms with E-state index in [-0.39, 0.29) is 17.5 Å². The van der Waals surface area contributed by atoms with Gasteiger partial charge in [-0.25, -0.2) is 4.79 Å². The van der Waals surface area contributed by atoms with Crippen LogP contribution < -0.4 is 25.8 Å². The van der Waals surface area contributed by atoms with Crippen LogP contribution in [-0.4, -0.2) is 42.6 Å². The summed E-state index contributed by atoms with van der Waals surface area (Å²) < 4.78 is 25.0. The lowest BCUT2D eigenvalue weighted by atomic mass is 9.80. The summed E-state index contributed by atoms with van der Waals surface area (Å²) in [5.41, 5.74) is 0.179. The van der Waals surface area contributed by atoms with Gasteiger partial charge in [0.15, 0.2) is 0 Å². The number of rotatable bonds is 9. The quantitative estimate of drug-likeness (QED) is 0.290. The van der Waals surface area contributed by atoms with Gasteiger partial charge in [-0.1, -0.05) is 60.7 Å². The van der Waals surface area contributed by atoms with Crippen LogP contribution >= 0.6 is 15.9 Å². The first-order valence-electron chi connectivity index (χ1n) is 12.7. The molecule has 1 aliphatic heterocycles. The lowest BCUT2D eigenvalue weighted by Gasteiger charge is -2.38. The maximum absolute atomic E-state index is 13.2. The molecule has 3 unspecified atom stereocenters. The van der Waals surface area contributed by atoms with Gasteiger partial charge >= 0.3 is 5.69 Å². The molecule has 40 heavy (non-hydrogen) atoms. The van der Waals surface area contributed by atoms with E-state index < -0.39 is 35.3 Å². The first-order chi connectivity index (χ1) is 19.3. The van der Waals surface area contributed by atoms with Crippen LogP contribution in [0.25, 0.3) is 0 Å². The highest BCUT2D eigenvalue weighted by atomic mass is 79.9. The Balaban J connectivity index is 1.54. The minimum Gasteiger partial charge on any atom is -0.850 e. The molecule has 9 nitrogen and oxygen atoms in total. The second kappa shape index (κ2) is 11.8. The lowest BCUT2D eigenvalue weighted by Crippen LogP contribution is -2.41. The van der Waals surface area contributed by atoms with Gasteiger partial charge in [0.1, 0.15) is 23.3 Å². The SMILES string of the molecule is COc1ccc(C(OCC2OC(n3cc(Br)c(=O)[nH]c3=O)CC2[O-])(c2ccccc2)c2ccc(OC)cc2)cc1. The van der Waals surface area contributed by atoms with Crippen LogP contribution in [0.5, 0.6) is 11.5 Å². The molecule has 1 fully saturated rings. The summed E-state index contributed by atoms with van der Waals surface area (Å²) in [6, 6.07) is 24.9. The highest BCUT2D eigenvalue weighted by Crippen LogP contribution is 2.42. The van der Waals surface area contributed by atoms with Crippen LogP contribution in [0.3, 0.4) is 0 Å². The van der Waals surface area contributed by atoms with Crippen LogP contribution in [0.1, 0.15) is 29.3 Å². The van der Waals surface area contributed by atoms with E-state index in [9.17, 15) is 14.7 Å². The standard InChI is InChI=1S/C30H28BrN2O7/c1-37-22-12-8-20(9-13-22)30(19-6-4-3-5-7-19,21-10-14-23(38-2)15-11-21)39-18-26-25(34)16-27(40-26)33-17-24(31)28(35)32-29(33)36/h3-15,17,25-27H,16,18H2,1-2H3,(H,32,35,36)/q-1. The summed E-state index contributed by atoms with van der Waals surface area (Å²) in [6.07, 6.45) is -1.49. The van der Waals surface area contributed by atoms with Crippen molar-refractivity contribution in [3.8, 4) is 11.5 Å². The molecule has 10 heteroatoms. The number of methoxy groups -OCH3 is 2. The molecular weight excluding hydrogens is 580 g/mol. The number of aromatic nitrogens is 2. The summed E-state index contributed by atoms with van der Waals surface area (Å²) in [4.78, 5) is 26.4. The van der Waals surface area contributed by atoms with Gasteiger partial charge in [0.25, 0.3) is 5.56 Å². The Labute approximate surface area is 239 Å². The molecule has 0 radical (unpaired) electrons. The van der Waals surface area contributed by atoms with Crippen LogP contribution in [0.15, 0.2) is 99.1 Å². The van der Waals surface area contributed by atoms with E-state index in [1.807, 2.05) is 78.9 Å². The zero-order valence-electron chi connectivity index (χ0n) is 21.9. The number of hydrogen-bond acceptors (Lipinski definition) is 7. The highest BCUT2D eigenvalue weighted by Gasteiger charge is 2.40. The van der Waals surface area contributed by atoms with Gasteiger partial charge in [0, 0.05) is 6.20 Å². The Morgan fingerprint density at radius 1 is 0.925 bits per heavy atom. The Bertz CT molecular complexity index is 1500. The second-order valence-corrected chi connectivity index (χ2v) is 10.2. The van der Waals surface area contributed by atoms with Crippen molar-refractivity contribution in [2.24, 2.45) is 0 Å². The van der Waals surface area contributed by atoms with Gasteiger partial charge in [0.2, 0.25) is 0 Å². The first kappa shape index (κ1) is 27.9. The molecule has 0 saturated carbocycles. The number of aromatic amines is 1. The van der Waals surface area contributed by atoms with E-state index in [0.717, 1.165) is 16.7 Å². The fourth-order valence-electron chi connectivity index (χ4n) is 4.98. The average molecular weight is 608 g/mol. The van der Waals surface area contributed by atoms with Gasteiger partial charge in [-0.05, 0) is 63.3 Å². The Morgan fingerprint density at radius 2 is 1.48 bits per heavy atom. The molecule has 0 aliphatic carbocycles. The Hall–Kier alpha value is -3.70. The highest BCUT2D eigenvalue weighted by molar-refractivity contribution is 9.10. The Kier molecular flexibility index (Phi) is 8.22. The largest absolute Gasteiger partial charge is 0.850 e. The molecule has 2 heterocycles. The van der Waals surface area contributed by atoms with Crippen molar-refractivity contribution >= 4 is 15.9 Å². The van der Waals surface area contributed by atoms with E-state index in [4.69, 9.17) is 18.9 Å². The van der Waals surface area contributed by atoms with Gasteiger partial charge in [-0.3, -0.25) is 14.3 Å². The monoisotopic (exact) mass is 607 g/mol. The molecule has 1 aromatic heterocycles. The third kappa shape index (κ3) is 5.35. The van der Waals surface area contributed by atoms with E-state index in [2.05, 4.69) is 20.9 Å². The van der Waals surface area contributed by atoms with Crippen molar-refractivity contribution in [1.82, 2.24) is 9.55 Å². The molecule has 1 saturated heterocycles. The lowest BCUT2D eigenvalue weighted by molar-refractivity contribution is -0.429. The van der Waals surface area contributed by atoms with Crippen molar-refractivity contribution in [3.05, 3.63) is 127 Å². The molecule has 0 bridgehead atoms. The first-order valence-corrected chi connectivity index (χ1v) is 13.5. The predicted octanol–water partition coefficient (Wildman–Crippen LogP) is 3.34. The number of ether oxygens (including phenoxy) is 4. The van der Waals surface area contributed by atoms with Crippen LogP contribution in [0.2, 0.25) is 0 Å². The van der Waals surface area contributed by atoms with Crippen molar-refractivity contribution in [1.29, 1.82) is 0 Å². The topological polar surface area (TPSA) is 115 Å². The van der Waals surface area contributed by atoms with Crippen molar-refractivity contribution in [2.75, 3.05) is 20.8 Å². The molecule has 1 aliphatic rings.